The Kier molecular flexibility index (Phi) is 4.18. The van der Waals surface area contributed by atoms with Gasteiger partial charge in [-0.3, -0.25) is 4.90 Å². The SMILES string of the molecule is Fc1cncnc1N1CCC(N2CCSCC2)CC1. The van der Waals surface area contributed by atoms with Crippen LogP contribution in [0.4, 0.5) is 10.2 Å². The van der Waals surface area contributed by atoms with Crippen LogP contribution < -0.4 is 4.90 Å². The second-order valence-electron chi connectivity index (χ2n) is 5.06. The fraction of sp³-hybridized carbons (Fsp3) is 0.692. The van der Waals surface area contributed by atoms with E-state index in [1.807, 2.05) is 16.7 Å². The van der Waals surface area contributed by atoms with Crippen molar-refractivity contribution in [3.63, 3.8) is 0 Å². The van der Waals surface area contributed by atoms with Crippen LogP contribution in [0.3, 0.4) is 0 Å². The van der Waals surface area contributed by atoms with E-state index in [9.17, 15) is 4.39 Å². The maximum atomic E-state index is 13.6. The Balaban J connectivity index is 1.58. The van der Waals surface area contributed by atoms with Crippen molar-refractivity contribution in [1.82, 2.24) is 14.9 Å². The van der Waals surface area contributed by atoms with Gasteiger partial charge in [-0.05, 0) is 12.8 Å². The fourth-order valence-electron chi connectivity index (χ4n) is 2.92. The summed E-state index contributed by atoms with van der Waals surface area (Å²) >= 11 is 2.04. The standard InChI is InChI=1S/C13H19FN4S/c14-12-9-15-10-16-13(12)18-3-1-11(2-4-18)17-5-7-19-8-6-17/h9-11H,1-8H2. The molecule has 0 atom stereocenters. The number of halogens is 1. The summed E-state index contributed by atoms with van der Waals surface area (Å²) in [5, 5.41) is 0. The summed E-state index contributed by atoms with van der Waals surface area (Å²) in [5.41, 5.74) is 0. The first-order valence-electron chi connectivity index (χ1n) is 6.87. The van der Waals surface area contributed by atoms with Gasteiger partial charge in [0.2, 0.25) is 0 Å². The molecule has 0 aromatic carbocycles. The van der Waals surface area contributed by atoms with E-state index in [4.69, 9.17) is 0 Å². The highest BCUT2D eigenvalue weighted by atomic mass is 32.2. The Bertz CT molecular complexity index is 417. The molecule has 0 saturated carbocycles. The van der Waals surface area contributed by atoms with Gasteiger partial charge >= 0.3 is 0 Å². The number of anilines is 1. The molecule has 0 spiro atoms. The van der Waals surface area contributed by atoms with E-state index in [0.717, 1.165) is 25.9 Å². The van der Waals surface area contributed by atoms with Gasteiger partial charge in [-0.25, -0.2) is 14.4 Å². The Labute approximate surface area is 117 Å². The van der Waals surface area contributed by atoms with Gasteiger partial charge in [0, 0.05) is 43.7 Å². The lowest BCUT2D eigenvalue weighted by Crippen LogP contribution is -2.48. The van der Waals surface area contributed by atoms with E-state index in [-0.39, 0.29) is 5.82 Å². The molecule has 19 heavy (non-hydrogen) atoms. The number of hydrogen-bond acceptors (Lipinski definition) is 5. The molecule has 2 aliphatic heterocycles. The molecule has 6 heteroatoms. The first kappa shape index (κ1) is 13.1. The number of piperidine rings is 1. The Morgan fingerprint density at radius 2 is 1.89 bits per heavy atom. The van der Waals surface area contributed by atoms with Gasteiger partial charge in [-0.15, -0.1) is 0 Å². The van der Waals surface area contributed by atoms with Crippen molar-refractivity contribution in [2.24, 2.45) is 0 Å². The van der Waals surface area contributed by atoms with Crippen molar-refractivity contribution in [2.75, 3.05) is 42.6 Å². The minimum Gasteiger partial charge on any atom is -0.354 e. The minimum absolute atomic E-state index is 0.310. The van der Waals surface area contributed by atoms with Crippen molar-refractivity contribution in [1.29, 1.82) is 0 Å². The lowest BCUT2D eigenvalue weighted by Gasteiger charge is -2.40. The Morgan fingerprint density at radius 3 is 2.58 bits per heavy atom. The first-order chi connectivity index (χ1) is 9.34. The molecule has 104 valence electrons. The third-order valence-corrected chi connectivity index (χ3v) is 4.92. The van der Waals surface area contributed by atoms with Crippen LogP contribution in [-0.4, -0.2) is 58.6 Å². The summed E-state index contributed by atoms with van der Waals surface area (Å²) in [4.78, 5) is 12.4. The second-order valence-corrected chi connectivity index (χ2v) is 6.29. The average molecular weight is 282 g/mol. The number of rotatable bonds is 2. The molecule has 1 aromatic heterocycles. The second kappa shape index (κ2) is 6.05. The van der Waals surface area contributed by atoms with Gasteiger partial charge in [0.1, 0.15) is 6.33 Å². The molecule has 0 aliphatic carbocycles. The molecule has 3 heterocycles. The third-order valence-electron chi connectivity index (χ3n) is 3.97. The van der Waals surface area contributed by atoms with E-state index < -0.39 is 0 Å². The molecule has 0 N–H and O–H groups in total. The number of aromatic nitrogens is 2. The lowest BCUT2D eigenvalue weighted by molar-refractivity contribution is 0.185. The van der Waals surface area contributed by atoms with E-state index in [1.54, 1.807) is 0 Å². The van der Waals surface area contributed by atoms with Crippen LogP contribution in [0.25, 0.3) is 0 Å². The molecule has 2 fully saturated rings. The van der Waals surface area contributed by atoms with Crippen molar-refractivity contribution < 1.29 is 4.39 Å². The molecule has 2 aliphatic rings. The largest absolute Gasteiger partial charge is 0.354 e. The van der Waals surface area contributed by atoms with Crippen LogP contribution in [0.5, 0.6) is 0 Å². The van der Waals surface area contributed by atoms with E-state index in [0.29, 0.717) is 11.9 Å². The summed E-state index contributed by atoms with van der Waals surface area (Å²) in [6, 6.07) is 0.669. The van der Waals surface area contributed by atoms with Crippen LogP contribution in [0.2, 0.25) is 0 Å². The first-order valence-corrected chi connectivity index (χ1v) is 8.02. The molecule has 3 rings (SSSR count). The molecule has 1 aromatic rings. The lowest BCUT2D eigenvalue weighted by atomic mass is 10.0. The highest BCUT2D eigenvalue weighted by Crippen LogP contribution is 2.24. The van der Waals surface area contributed by atoms with Crippen molar-refractivity contribution >= 4 is 17.6 Å². The molecular weight excluding hydrogens is 263 g/mol. The van der Waals surface area contributed by atoms with Gasteiger partial charge in [0.25, 0.3) is 0 Å². The molecule has 0 bridgehead atoms. The summed E-state index contributed by atoms with van der Waals surface area (Å²) in [7, 11) is 0. The maximum absolute atomic E-state index is 13.6. The predicted octanol–water partition coefficient (Wildman–Crippen LogP) is 1.63. The third kappa shape index (κ3) is 3.00. The molecule has 0 unspecified atom stereocenters. The summed E-state index contributed by atoms with van der Waals surface area (Å²) < 4.78 is 13.6. The average Bonchev–Trinajstić information content (AvgIpc) is 2.49. The van der Waals surface area contributed by atoms with Crippen LogP contribution >= 0.6 is 11.8 Å². The zero-order valence-electron chi connectivity index (χ0n) is 11.0. The molecule has 4 nitrogen and oxygen atoms in total. The van der Waals surface area contributed by atoms with E-state index in [1.165, 1.54) is 37.1 Å². The highest BCUT2D eigenvalue weighted by molar-refractivity contribution is 7.99. The van der Waals surface area contributed by atoms with Gasteiger partial charge in [-0.1, -0.05) is 0 Å². The van der Waals surface area contributed by atoms with E-state index >= 15 is 0 Å². The van der Waals surface area contributed by atoms with Crippen LogP contribution in [0, 0.1) is 5.82 Å². The maximum Gasteiger partial charge on any atom is 0.183 e. The predicted molar refractivity (Wildman–Crippen MR) is 76.1 cm³/mol. The molecule has 2 saturated heterocycles. The number of thioether (sulfide) groups is 1. The molecule has 0 radical (unpaired) electrons. The Hall–Kier alpha value is -0.880. The highest BCUT2D eigenvalue weighted by Gasteiger charge is 2.27. The van der Waals surface area contributed by atoms with Crippen LogP contribution in [-0.2, 0) is 0 Å². The smallest absolute Gasteiger partial charge is 0.183 e. The van der Waals surface area contributed by atoms with Crippen LogP contribution in [0.1, 0.15) is 12.8 Å². The molecule has 0 amide bonds. The number of hydrogen-bond donors (Lipinski definition) is 0. The van der Waals surface area contributed by atoms with Gasteiger partial charge in [-0.2, -0.15) is 11.8 Å². The quantitative estimate of drug-likeness (QED) is 0.823. The summed E-state index contributed by atoms with van der Waals surface area (Å²) in [6.45, 7) is 4.19. The molecular formula is C13H19FN4S. The zero-order chi connectivity index (χ0) is 13.1. The van der Waals surface area contributed by atoms with E-state index in [2.05, 4.69) is 14.9 Å². The summed E-state index contributed by atoms with van der Waals surface area (Å²) in [6.07, 6.45) is 4.88. The summed E-state index contributed by atoms with van der Waals surface area (Å²) in [5.74, 6) is 2.65. The monoisotopic (exact) mass is 282 g/mol. The minimum atomic E-state index is -0.310. The normalized spacial score (nSPS) is 22.7. The van der Waals surface area contributed by atoms with Crippen molar-refractivity contribution in [3.8, 4) is 0 Å². The fourth-order valence-corrected chi connectivity index (χ4v) is 3.86. The van der Waals surface area contributed by atoms with Gasteiger partial charge in [0.15, 0.2) is 11.6 Å². The topological polar surface area (TPSA) is 32.3 Å². The van der Waals surface area contributed by atoms with Gasteiger partial charge < -0.3 is 4.90 Å². The van der Waals surface area contributed by atoms with Crippen molar-refractivity contribution in [2.45, 2.75) is 18.9 Å². The zero-order valence-corrected chi connectivity index (χ0v) is 11.8. The van der Waals surface area contributed by atoms with Crippen LogP contribution in [0.15, 0.2) is 12.5 Å². The Morgan fingerprint density at radius 1 is 1.16 bits per heavy atom. The van der Waals surface area contributed by atoms with Gasteiger partial charge in [0.05, 0.1) is 6.20 Å². The van der Waals surface area contributed by atoms with Crippen molar-refractivity contribution in [3.05, 3.63) is 18.3 Å². The number of nitrogens with zero attached hydrogens (tertiary/aromatic N) is 4.